The molecule has 5 heteroatoms. The van der Waals surface area contributed by atoms with Crippen molar-refractivity contribution in [1.82, 2.24) is 0 Å². The number of nitrogens with two attached hydrogens (primary N) is 1. The first kappa shape index (κ1) is 19.3. The van der Waals surface area contributed by atoms with E-state index in [-0.39, 0.29) is 0 Å². The maximum atomic E-state index is 11.5. The first-order chi connectivity index (χ1) is 11.1. The lowest BCUT2D eigenvalue weighted by Crippen LogP contribution is -2.33. The first-order valence-corrected chi connectivity index (χ1v) is 8.34. The second-order valence-corrected chi connectivity index (χ2v) is 5.52. The minimum Gasteiger partial charge on any atom is -0.490 e. The zero-order chi connectivity index (χ0) is 17.1. The Morgan fingerprint density at radius 3 is 2.26 bits per heavy atom. The van der Waals surface area contributed by atoms with Crippen LogP contribution in [-0.4, -0.2) is 32.3 Å². The maximum Gasteiger partial charge on any atom is 0.322 e. The largest absolute Gasteiger partial charge is 0.490 e. The Morgan fingerprint density at radius 2 is 1.70 bits per heavy atom. The number of carbonyl (C=O) groups is 1. The predicted molar refractivity (Wildman–Crippen MR) is 90.9 cm³/mol. The van der Waals surface area contributed by atoms with Gasteiger partial charge in [-0.25, -0.2) is 0 Å². The number of rotatable bonds is 11. The molecular weight excluding hydrogens is 294 g/mol. The van der Waals surface area contributed by atoms with E-state index in [1.165, 1.54) is 7.11 Å². The van der Waals surface area contributed by atoms with Crippen LogP contribution in [0, 0.1) is 0 Å². The number of benzene rings is 1. The van der Waals surface area contributed by atoms with Crippen molar-refractivity contribution >= 4 is 5.97 Å². The fourth-order valence-electron chi connectivity index (χ4n) is 2.05. The van der Waals surface area contributed by atoms with Crippen LogP contribution in [0.25, 0.3) is 0 Å². The molecule has 0 fully saturated rings. The molecule has 0 amide bonds. The summed E-state index contributed by atoms with van der Waals surface area (Å²) in [6, 6.07) is 5.03. The van der Waals surface area contributed by atoms with Crippen LogP contribution in [0.5, 0.6) is 11.5 Å². The highest BCUT2D eigenvalue weighted by Gasteiger charge is 2.16. The van der Waals surface area contributed by atoms with E-state index < -0.39 is 12.0 Å². The van der Waals surface area contributed by atoms with E-state index in [4.69, 9.17) is 15.2 Å². The second kappa shape index (κ2) is 10.9. The van der Waals surface area contributed by atoms with Crippen LogP contribution >= 0.6 is 0 Å². The van der Waals surface area contributed by atoms with Crippen molar-refractivity contribution in [3.8, 4) is 11.5 Å². The van der Waals surface area contributed by atoms with E-state index in [1.54, 1.807) is 0 Å². The average Bonchev–Trinajstić information content (AvgIpc) is 2.56. The number of ether oxygens (including phenoxy) is 3. The van der Waals surface area contributed by atoms with E-state index in [0.29, 0.717) is 25.4 Å². The number of methoxy groups -OCH3 is 1. The van der Waals surface area contributed by atoms with Crippen molar-refractivity contribution in [2.24, 2.45) is 5.73 Å². The summed E-state index contributed by atoms with van der Waals surface area (Å²) in [7, 11) is 1.34. The van der Waals surface area contributed by atoms with Crippen LogP contribution < -0.4 is 15.2 Å². The summed E-state index contributed by atoms with van der Waals surface area (Å²) in [5, 5.41) is 0. The van der Waals surface area contributed by atoms with Crippen molar-refractivity contribution in [2.45, 2.75) is 52.0 Å². The van der Waals surface area contributed by atoms with Gasteiger partial charge in [0.1, 0.15) is 6.04 Å². The van der Waals surface area contributed by atoms with Crippen LogP contribution in [0.3, 0.4) is 0 Å². The molecule has 1 rings (SSSR count). The molecule has 130 valence electrons. The van der Waals surface area contributed by atoms with Gasteiger partial charge < -0.3 is 19.9 Å². The Hall–Kier alpha value is -1.75. The Kier molecular flexibility index (Phi) is 9.14. The van der Waals surface area contributed by atoms with Crippen molar-refractivity contribution in [2.75, 3.05) is 20.3 Å². The van der Waals surface area contributed by atoms with Gasteiger partial charge in [0.25, 0.3) is 0 Å². The lowest BCUT2D eigenvalue weighted by Gasteiger charge is -2.15. The molecule has 0 bridgehead atoms. The third-order valence-electron chi connectivity index (χ3n) is 3.48. The molecule has 0 aliphatic carbocycles. The minimum atomic E-state index is -0.671. The monoisotopic (exact) mass is 323 g/mol. The highest BCUT2D eigenvalue weighted by Crippen LogP contribution is 2.29. The van der Waals surface area contributed by atoms with Gasteiger partial charge >= 0.3 is 5.97 Å². The predicted octanol–water partition coefficient (Wildman–Crippen LogP) is 3.09. The molecule has 0 aliphatic heterocycles. The van der Waals surface area contributed by atoms with E-state index in [1.807, 2.05) is 18.2 Å². The van der Waals surface area contributed by atoms with Crippen molar-refractivity contribution in [3.05, 3.63) is 23.8 Å². The average molecular weight is 323 g/mol. The van der Waals surface area contributed by atoms with E-state index >= 15 is 0 Å². The fraction of sp³-hybridized carbons (Fsp3) is 0.611. The maximum absolute atomic E-state index is 11.5. The molecule has 2 N–H and O–H groups in total. The lowest BCUT2D eigenvalue weighted by molar-refractivity contribution is -0.142. The smallest absolute Gasteiger partial charge is 0.322 e. The molecule has 5 nitrogen and oxygen atoms in total. The summed E-state index contributed by atoms with van der Waals surface area (Å²) in [5.74, 6) is 1.04. The summed E-state index contributed by atoms with van der Waals surface area (Å²) in [6.07, 6.45) is 4.55. The van der Waals surface area contributed by atoms with Gasteiger partial charge in [0, 0.05) is 0 Å². The Labute approximate surface area is 139 Å². The first-order valence-electron chi connectivity index (χ1n) is 8.34. The van der Waals surface area contributed by atoms with Crippen LogP contribution in [0.15, 0.2) is 18.2 Å². The molecule has 0 unspecified atom stereocenters. The van der Waals surface area contributed by atoms with Crippen molar-refractivity contribution in [1.29, 1.82) is 0 Å². The molecule has 1 aromatic rings. The highest BCUT2D eigenvalue weighted by atomic mass is 16.5. The molecule has 0 heterocycles. The third-order valence-corrected chi connectivity index (χ3v) is 3.48. The third kappa shape index (κ3) is 6.91. The molecule has 1 aromatic carbocycles. The van der Waals surface area contributed by atoms with Gasteiger partial charge in [0.15, 0.2) is 11.5 Å². The zero-order valence-corrected chi connectivity index (χ0v) is 14.5. The fourth-order valence-corrected chi connectivity index (χ4v) is 2.05. The SMILES string of the molecule is CCCCOc1ccc(C[C@H](N)C(=O)OC)cc1OCCCC. The van der Waals surface area contributed by atoms with E-state index in [2.05, 4.69) is 18.6 Å². The highest BCUT2D eigenvalue weighted by molar-refractivity contribution is 5.75. The number of hydrogen-bond acceptors (Lipinski definition) is 5. The molecular formula is C18H29NO4. The molecule has 0 spiro atoms. The van der Waals surface area contributed by atoms with Crippen LogP contribution in [0.1, 0.15) is 45.1 Å². The van der Waals surface area contributed by atoms with E-state index in [0.717, 1.165) is 37.0 Å². The van der Waals surface area contributed by atoms with Crippen molar-refractivity contribution in [3.63, 3.8) is 0 Å². The van der Waals surface area contributed by atoms with Gasteiger partial charge in [0.05, 0.1) is 20.3 Å². The molecule has 0 radical (unpaired) electrons. The van der Waals surface area contributed by atoms with Gasteiger partial charge in [-0.3, -0.25) is 4.79 Å². The van der Waals surface area contributed by atoms with E-state index in [9.17, 15) is 4.79 Å². The summed E-state index contributed by atoms with van der Waals surface area (Å²) in [4.78, 5) is 11.5. The van der Waals surface area contributed by atoms with Gasteiger partial charge in [-0.15, -0.1) is 0 Å². The van der Waals surface area contributed by atoms with Gasteiger partial charge in [-0.2, -0.15) is 0 Å². The number of hydrogen-bond donors (Lipinski definition) is 1. The summed E-state index contributed by atoms with van der Waals surface area (Å²) in [6.45, 7) is 5.56. The Morgan fingerprint density at radius 1 is 1.09 bits per heavy atom. The molecule has 0 aromatic heterocycles. The van der Waals surface area contributed by atoms with Crippen LogP contribution in [0.4, 0.5) is 0 Å². The zero-order valence-electron chi connectivity index (χ0n) is 14.5. The quantitative estimate of drug-likeness (QED) is 0.500. The topological polar surface area (TPSA) is 70.8 Å². The molecule has 23 heavy (non-hydrogen) atoms. The Balaban J connectivity index is 2.80. The number of unbranched alkanes of at least 4 members (excludes halogenated alkanes) is 2. The summed E-state index contributed by atoms with van der Waals surface area (Å²) in [5.41, 5.74) is 6.75. The lowest BCUT2D eigenvalue weighted by atomic mass is 10.1. The second-order valence-electron chi connectivity index (χ2n) is 5.52. The normalized spacial score (nSPS) is 11.8. The number of carbonyl (C=O) groups excluding carboxylic acids is 1. The standard InChI is InChI=1S/C18H29NO4/c1-4-6-10-22-16-9-8-14(12-15(19)18(20)21-3)13-17(16)23-11-7-5-2/h8-9,13,15H,4-7,10-12,19H2,1-3H3/t15-/m0/s1. The summed E-state index contributed by atoms with van der Waals surface area (Å²) < 4.78 is 16.3. The van der Waals surface area contributed by atoms with Crippen molar-refractivity contribution < 1.29 is 19.0 Å². The number of esters is 1. The molecule has 1 atom stereocenters. The molecule has 0 saturated carbocycles. The molecule has 0 saturated heterocycles. The van der Waals surface area contributed by atoms with Crippen LogP contribution in [-0.2, 0) is 16.0 Å². The summed E-state index contributed by atoms with van der Waals surface area (Å²) >= 11 is 0. The van der Waals surface area contributed by atoms with Crippen LogP contribution in [0.2, 0.25) is 0 Å². The Bertz CT molecular complexity index is 476. The van der Waals surface area contributed by atoms with Gasteiger partial charge in [-0.05, 0) is 37.0 Å². The van der Waals surface area contributed by atoms with Gasteiger partial charge in [-0.1, -0.05) is 32.8 Å². The van der Waals surface area contributed by atoms with Gasteiger partial charge in [0.2, 0.25) is 0 Å². The molecule has 0 aliphatic rings. The minimum absolute atomic E-state index is 0.409.